The van der Waals surface area contributed by atoms with E-state index < -0.39 is 120 Å². The fourth-order valence-corrected chi connectivity index (χ4v) is 5.34. The summed E-state index contributed by atoms with van der Waals surface area (Å²) < 4.78 is 0. The molecular weight excluding hydrogens is 774 g/mol. The van der Waals surface area contributed by atoms with Crippen LogP contribution in [0.2, 0.25) is 0 Å². The van der Waals surface area contributed by atoms with E-state index in [1.54, 1.807) is 27.7 Å². The van der Waals surface area contributed by atoms with E-state index in [9.17, 15) is 48.3 Å². The zero-order valence-electron chi connectivity index (χ0n) is 29.6. The minimum absolute atomic E-state index is 0. The van der Waals surface area contributed by atoms with Gasteiger partial charge in [0.2, 0.25) is 47.3 Å². The van der Waals surface area contributed by atoms with Gasteiger partial charge < -0.3 is 53.4 Å². The van der Waals surface area contributed by atoms with Gasteiger partial charge in [0.1, 0.15) is 36.3 Å². The van der Waals surface area contributed by atoms with Gasteiger partial charge in [0, 0.05) is 18.1 Å². The molecule has 297 valence electrons. The Morgan fingerprint density at radius 3 is 1.85 bits per heavy atom. The smallest absolute Gasteiger partial charge is 0.480 e. The van der Waals surface area contributed by atoms with Crippen LogP contribution in [0.1, 0.15) is 53.9 Å². The summed E-state index contributed by atoms with van der Waals surface area (Å²) in [5, 5.41) is 23.8. The predicted octanol–water partition coefficient (Wildman–Crippen LogP) is -4.01. The first kappa shape index (κ1) is 48.4. The maximum atomic E-state index is 13.8. The van der Waals surface area contributed by atoms with Crippen LogP contribution in [0.15, 0.2) is 0 Å². The molecule has 1 heterocycles. The molecule has 52 heavy (non-hydrogen) atoms. The van der Waals surface area contributed by atoms with Crippen molar-refractivity contribution in [2.45, 2.75) is 96.2 Å². The van der Waals surface area contributed by atoms with Crippen LogP contribution in [0.4, 0.5) is 0 Å². The Morgan fingerprint density at radius 1 is 0.769 bits per heavy atom. The molecule has 0 aromatic rings. The number of nitrogens with zero attached hydrogens (tertiary/aromatic N) is 1. The summed E-state index contributed by atoms with van der Waals surface area (Å²) >= 11 is 7.80. The average molecular weight is 825 g/mol. The van der Waals surface area contributed by atoms with Crippen molar-refractivity contribution in [3.05, 3.63) is 0 Å². The topological polar surface area (TPSA) is 301 Å². The van der Waals surface area contributed by atoms with Crippen LogP contribution in [0.25, 0.3) is 0 Å². The number of rotatable bonds is 20. The normalized spacial score (nSPS) is 17.3. The number of amides is 8. The number of nitrogens with two attached hydrogens (primary N) is 2. The third-order valence-electron chi connectivity index (χ3n) is 7.88. The fraction of sp³-hybridized carbons (Fsp3) is 0.700. The van der Waals surface area contributed by atoms with Crippen LogP contribution in [-0.4, -0.2) is 130 Å². The second-order valence-corrected chi connectivity index (χ2v) is 13.5. The molecule has 0 bridgehead atoms. The summed E-state index contributed by atoms with van der Waals surface area (Å²) in [5.41, 5.74) is 10.8. The Morgan fingerprint density at radius 2 is 1.35 bits per heavy atom. The molecule has 0 spiro atoms. The van der Waals surface area contributed by atoms with Crippen molar-refractivity contribution in [1.29, 1.82) is 0 Å². The molecule has 1 aliphatic rings. The van der Waals surface area contributed by atoms with Gasteiger partial charge in [-0.25, -0.2) is 4.79 Å². The molecule has 1 fully saturated rings. The molecule has 0 unspecified atom stereocenters. The van der Waals surface area contributed by atoms with E-state index in [2.05, 4.69) is 57.2 Å². The number of hydrogen-bond acceptors (Lipinski definition) is 12. The third-order valence-corrected chi connectivity index (χ3v) is 8.64. The van der Waals surface area contributed by atoms with Crippen molar-refractivity contribution < 1.29 is 65.3 Å². The maximum Gasteiger partial charge on any atom is 2.00 e. The summed E-state index contributed by atoms with van der Waals surface area (Å²) in [6.45, 7) is 7.73. The van der Waals surface area contributed by atoms with Crippen molar-refractivity contribution in [1.82, 2.24) is 36.8 Å². The molecule has 11 N–H and O–H groups in total. The largest absolute Gasteiger partial charge is 2.00 e. The molecule has 0 aromatic carbocycles. The van der Waals surface area contributed by atoms with E-state index in [0.717, 1.165) is 0 Å². The maximum absolute atomic E-state index is 13.8. The number of likely N-dealkylation sites (tertiary alicyclic amines) is 1. The number of nitrogens with one attached hydrogen (secondary N) is 6. The van der Waals surface area contributed by atoms with Gasteiger partial charge in [-0.05, 0) is 31.6 Å². The van der Waals surface area contributed by atoms with Gasteiger partial charge >= 0.3 is 23.0 Å². The molecule has 0 aliphatic carbocycles. The summed E-state index contributed by atoms with van der Waals surface area (Å²) in [6, 6.07) is -8.35. The van der Waals surface area contributed by atoms with E-state index in [4.69, 9.17) is 11.5 Å². The van der Waals surface area contributed by atoms with E-state index in [1.807, 2.05) is 0 Å². The van der Waals surface area contributed by atoms with Crippen LogP contribution in [-0.2, 0) is 60.2 Å². The molecule has 1 aliphatic heterocycles. The van der Waals surface area contributed by atoms with E-state index >= 15 is 0 Å². The van der Waals surface area contributed by atoms with Crippen LogP contribution in [0.5, 0.6) is 0 Å². The third kappa shape index (κ3) is 15.2. The summed E-state index contributed by atoms with van der Waals surface area (Å²) in [6.07, 6.45) is -0.0559. The molecule has 1 rings (SSSR count). The molecule has 1 radical (unpaired) electrons. The number of carboxylic acid groups (broad SMARTS) is 1. The molecule has 1 saturated heterocycles. The number of carboxylic acids is 1. The van der Waals surface area contributed by atoms with Gasteiger partial charge in [-0.3, -0.25) is 38.4 Å². The van der Waals surface area contributed by atoms with Gasteiger partial charge in [-0.1, -0.05) is 27.7 Å². The minimum atomic E-state index is -1.53. The Labute approximate surface area is 323 Å². The van der Waals surface area contributed by atoms with Crippen LogP contribution in [0, 0.1) is 11.8 Å². The minimum Gasteiger partial charge on any atom is -0.480 e. The first-order chi connectivity index (χ1) is 23.7. The molecule has 8 amide bonds. The zero-order chi connectivity index (χ0) is 39.2. The van der Waals surface area contributed by atoms with Crippen molar-refractivity contribution in [3.63, 3.8) is 0 Å². The molecular formula is C30H51CuN9O10S2+2. The fourth-order valence-electron chi connectivity index (χ4n) is 4.93. The van der Waals surface area contributed by atoms with Crippen LogP contribution >= 0.6 is 25.3 Å². The molecule has 7 atom stereocenters. The van der Waals surface area contributed by atoms with Crippen LogP contribution in [0.3, 0.4) is 0 Å². The van der Waals surface area contributed by atoms with E-state index in [1.165, 1.54) is 11.8 Å². The van der Waals surface area contributed by atoms with Gasteiger partial charge in [0.25, 0.3) is 0 Å². The number of primary amides is 1. The summed E-state index contributed by atoms with van der Waals surface area (Å²) in [7, 11) is 0. The SMILES string of the molecule is CC(C)[C@H](NC(=O)[C@H](C)NC(=O)CNC(=O)[C@@H](N)CS)C(=O)N[C@H](C(=O)N1CCC[C@H]1C(=O)N[C@@H](CC(N)=O)C(=O)N[C@@H](CS)C(=O)O)C(C)C.[Cu+2]. The number of thiol groups is 2. The van der Waals surface area contributed by atoms with Crippen molar-refractivity contribution in [3.8, 4) is 0 Å². The standard InChI is InChI=1S/C30H51N9O10S2.Cu/c1-13(2)22(37-24(42)15(5)34-21(41)10-33-25(43)16(31)11-50)28(46)38-23(14(3)4)29(47)39-8-6-7-19(39)27(45)35-17(9-20(32)40)26(44)36-18(12-51)30(48)49;/h13-19,22-23,50-51H,6-12,31H2,1-5H3,(H2,32,40)(H,33,43)(H,34,41)(H,35,45)(H,36,44)(H,37,42)(H,38,46)(H,48,49);/q;+2/t15-,16-,17-,18-,19-,22-,23-;/m0./s1. The molecule has 22 heteroatoms. The Balaban J connectivity index is 0.0000260. The van der Waals surface area contributed by atoms with Crippen molar-refractivity contribution in [2.75, 3.05) is 24.6 Å². The van der Waals surface area contributed by atoms with Crippen molar-refractivity contribution in [2.24, 2.45) is 23.3 Å². The Kier molecular flexibility index (Phi) is 21.6. The monoisotopic (exact) mass is 824 g/mol. The van der Waals surface area contributed by atoms with E-state index in [0.29, 0.717) is 6.42 Å². The van der Waals surface area contributed by atoms with Gasteiger partial charge in [0.15, 0.2) is 0 Å². The molecule has 19 nitrogen and oxygen atoms in total. The first-order valence-corrected chi connectivity index (χ1v) is 17.6. The predicted molar refractivity (Wildman–Crippen MR) is 190 cm³/mol. The number of aliphatic carboxylic acids is 1. The Bertz CT molecular complexity index is 1330. The molecule has 0 aromatic heterocycles. The number of carbonyl (C=O) groups is 9. The quantitative estimate of drug-likeness (QED) is 0.0415. The average Bonchev–Trinajstić information content (AvgIpc) is 3.55. The second-order valence-electron chi connectivity index (χ2n) is 12.8. The van der Waals surface area contributed by atoms with Crippen LogP contribution < -0.4 is 43.4 Å². The van der Waals surface area contributed by atoms with E-state index in [-0.39, 0.29) is 41.5 Å². The van der Waals surface area contributed by atoms with Crippen molar-refractivity contribution >= 4 is 78.5 Å². The zero-order valence-corrected chi connectivity index (χ0v) is 32.3. The van der Waals surface area contributed by atoms with Gasteiger partial charge in [0.05, 0.1) is 19.0 Å². The first-order valence-electron chi connectivity index (χ1n) is 16.3. The number of hydrogen-bond donors (Lipinski definition) is 11. The van der Waals surface area contributed by atoms with Gasteiger partial charge in [-0.15, -0.1) is 0 Å². The Hall–Kier alpha value is -3.59. The summed E-state index contributed by atoms with van der Waals surface area (Å²) in [4.78, 5) is 115. The second kappa shape index (κ2) is 23.2. The molecule has 0 saturated carbocycles. The summed E-state index contributed by atoms with van der Waals surface area (Å²) in [5.74, 6) is -8.56. The van der Waals surface area contributed by atoms with Gasteiger partial charge in [-0.2, -0.15) is 25.3 Å². The number of carbonyl (C=O) groups excluding carboxylic acids is 8.